The second-order valence-electron chi connectivity index (χ2n) is 4.13. The minimum absolute atomic E-state index is 0.0432. The lowest BCUT2D eigenvalue weighted by molar-refractivity contribution is -0.384. The van der Waals surface area contributed by atoms with Crippen molar-refractivity contribution in [3.63, 3.8) is 0 Å². The lowest BCUT2D eigenvalue weighted by Crippen LogP contribution is -2.38. The first-order chi connectivity index (χ1) is 9.32. The standard InChI is InChI=1S/C12H9FN4O3/c1-16-5-8(10(14)11(15)12(16)18)7-4-6(17(19)20)2-3-9(7)13/h2-5,14-15H,1H3. The molecular weight excluding hydrogens is 267 g/mol. The van der Waals surface area contributed by atoms with Crippen LogP contribution in [0.4, 0.5) is 10.1 Å². The van der Waals surface area contributed by atoms with Crippen molar-refractivity contribution in [2.75, 3.05) is 7.05 Å². The highest BCUT2D eigenvalue weighted by molar-refractivity contribution is 6.74. The molecular formula is C12H9FN4O3. The van der Waals surface area contributed by atoms with Gasteiger partial charge in [0, 0.05) is 36.5 Å². The zero-order valence-electron chi connectivity index (χ0n) is 10.3. The Morgan fingerprint density at radius 2 is 1.95 bits per heavy atom. The highest BCUT2D eigenvalue weighted by atomic mass is 19.1. The van der Waals surface area contributed by atoms with Gasteiger partial charge in [0.1, 0.15) is 11.5 Å². The van der Waals surface area contributed by atoms with E-state index in [0.29, 0.717) is 0 Å². The summed E-state index contributed by atoms with van der Waals surface area (Å²) in [5.74, 6) is -1.45. The van der Waals surface area contributed by atoms with Crippen LogP contribution in [0, 0.1) is 26.8 Å². The van der Waals surface area contributed by atoms with E-state index in [9.17, 15) is 19.3 Å². The SMILES string of the molecule is CN1C=C(c2cc([N+](=O)[O-])ccc2F)C(=N)C(=N)C1=O. The molecule has 20 heavy (non-hydrogen) atoms. The summed E-state index contributed by atoms with van der Waals surface area (Å²) in [4.78, 5) is 22.6. The van der Waals surface area contributed by atoms with Gasteiger partial charge in [-0.3, -0.25) is 25.7 Å². The molecule has 0 saturated heterocycles. The number of carbonyl (C=O) groups excluding carboxylic acids is 1. The Bertz CT molecular complexity index is 696. The molecule has 0 aromatic heterocycles. The van der Waals surface area contributed by atoms with E-state index in [1.807, 2.05) is 0 Å². The Kier molecular flexibility index (Phi) is 3.15. The first-order valence-electron chi connectivity index (χ1n) is 5.44. The van der Waals surface area contributed by atoms with E-state index in [4.69, 9.17) is 10.8 Å². The van der Waals surface area contributed by atoms with E-state index < -0.39 is 28.1 Å². The van der Waals surface area contributed by atoms with E-state index >= 15 is 0 Å². The number of hydrogen-bond donors (Lipinski definition) is 2. The Labute approximate surface area is 112 Å². The van der Waals surface area contributed by atoms with Gasteiger partial charge in [0.15, 0.2) is 0 Å². The van der Waals surface area contributed by atoms with Gasteiger partial charge in [-0.25, -0.2) is 4.39 Å². The predicted octanol–water partition coefficient (Wildman–Crippen LogP) is 1.59. The zero-order valence-corrected chi connectivity index (χ0v) is 10.3. The van der Waals surface area contributed by atoms with Gasteiger partial charge in [-0.15, -0.1) is 0 Å². The highest BCUT2D eigenvalue weighted by Crippen LogP contribution is 2.27. The van der Waals surface area contributed by atoms with Crippen LogP contribution in [0.2, 0.25) is 0 Å². The van der Waals surface area contributed by atoms with Crippen molar-refractivity contribution in [2.24, 2.45) is 0 Å². The van der Waals surface area contributed by atoms with Crippen LogP contribution in [-0.4, -0.2) is 34.2 Å². The molecule has 1 heterocycles. The minimum atomic E-state index is -0.762. The molecule has 0 bridgehead atoms. The fourth-order valence-corrected chi connectivity index (χ4v) is 1.77. The van der Waals surface area contributed by atoms with Crippen LogP contribution in [0.5, 0.6) is 0 Å². The number of carbonyl (C=O) groups is 1. The number of hydrogen-bond acceptors (Lipinski definition) is 5. The summed E-state index contributed by atoms with van der Waals surface area (Å²) in [5, 5.41) is 25.9. The number of allylic oxidation sites excluding steroid dienone is 1. The Balaban J connectivity index is 2.61. The molecule has 8 heteroatoms. The predicted molar refractivity (Wildman–Crippen MR) is 69.3 cm³/mol. The third-order valence-corrected chi connectivity index (χ3v) is 2.83. The molecule has 7 nitrogen and oxygen atoms in total. The third kappa shape index (κ3) is 2.07. The van der Waals surface area contributed by atoms with Gasteiger partial charge < -0.3 is 4.90 Å². The second kappa shape index (κ2) is 4.65. The topological polar surface area (TPSA) is 111 Å². The highest BCUT2D eigenvalue weighted by Gasteiger charge is 2.29. The maximum atomic E-state index is 13.8. The van der Waals surface area contributed by atoms with Crippen molar-refractivity contribution in [1.29, 1.82) is 10.8 Å². The number of amides is 1. The quantitative estimate of drug-likeness (QED) is 0.631. The van der Waals surface area contributed by atoms with Crippen LogP contribution in [0.15, 0.2) is 24.4 Å². The van der Waals surface area contributed by atoms with Gasteiger partial charge >= 0.3 is 0 Å². The summed E-state index contributed by atoms with van der Waals surface area (Å²) in [6.07, 6.45) is 1.19. The molecule has 2 rings (SSSR count). The van der Waals surface area contributed by atoms with Gasteiger partial charge in [0.05, 0.1) is 10.6 Å². The Morgan fingerprint density at radius 1 is 1.30 bits per heavy atom. The van der Waals surface area contributed by atoms with Crippen LogP contribution in [0.25, 0.3) is 5.57 Å². The smallest absolute Gasteiger partial charge is 0.277 e. The fourth-order valence-electron chi connectivity index (χ4n) is 1.77. The van der Waals surface area contributed by atoms with Crippen molar-refractivity contribution in [3.05, 3.63) is 45.9 Å². The third-order valence-electron chi connectivity index (χ3n) is 2.83. The molecule has 0 aliphatic carbocycles. The van der Waals surface area contributed by atoms with Gasteiger partial charge in [-0.2, -0.15) is 0 Å². The molecule has 0 atom stereocenters. The molecule has 0 unspecified atom stereocenters. The summed E-state index contributed by atoms with van der Waals surface area (Å²) in [6, 6.07) is 2.90. The number of nitro groups is 1. The summed E-state index contributed by atoms with van der Waals surface area (Å²) >= 11 is 0. The van der Waals surface area contributed by atoms with Gasteiger partial charge in [0.2, 0.25) is 0 Å². The number of benzene rings is 1. The molecule has 1 aromatic carbocycles. The Morgan fingerprint density at radius 3 is 2.55 bits per heavy atom. The van der Waals surface area contributed by atoms with Crippen LogP contribution in [0.3, 0.4) is 0 Å². The van der Waals surface area contributed by atoms with Crippen LogP contribution in [-0.2, 0) is 4.79 Å². The molecule has 1 aliphatic heterocycles. The van der Waals surface area contributed by atoms with Crippen LogP contribution < -0.4 is 0 Å². The fraction of sp³-hybridized carbons (Fsp3) is 0.0833. The molecule has 0 radical (unpaired) electrons. The van der Waals surface area contributed by atoms with Crippen molar-refractivity contribution >= 4 is 28.6 Å². The van der Waals surface area contributed by atoms with Crippen LogP contribution >= 0.6 is 0 Å². The molecule has 0 saturated carbocycles. The summed E-state index contributed by atoms with van der Waals surface area (Å²) in [5.41, 5.74) is -1.61. The maximum Gasteiger partial charge on any atom is 0.277 e. The molecule has 2 N–H and O–H groups in total. The number of non-ortho nitro benzene ring substituents is 1. The van der Waals surface area contributed by atoms with E-state index in [2.05, 4.69) is 0 Å². The molecule has 1 aromatic rings. The average molecular weight is 276 g/mol. The monoisotopic (exact) mass is 276 g/mol. The largest absolute Gasteiger partial charge is 0.316 e. The first-order valence-corrected chi connectivity index (χ1v) is 5.44. The molecule has 1 amide bonds. The van der Waals surface area contributed by atoms with Gasteiger partial charge in [-0.1, -0.05) is 0 Å². The van der Waals surface area contributed by atoms with E-state index in [-0.39, 0.29) is 16.8 Å². The second-order valence-corrected chi connectivity index (χ2v) is 4.13. The van der Waals surface area contributed by atoms with Crippen molar-refractivity contribution < 1.29 is 14.1 Å². The van der Waals surface area contributed by atoms with E-state index in [0.717, 1.165) is 23.1 Å². The average Bonchev–Trinajstić information content (AvgIpc) is 2.41. The number of nitrogens with one attached hydrogen (secondary N) is 2. The molecule has 0 spiro atoms. The van der Waals surface area contributed by atoms with Crippen molar-refractivity contribution in [2.45, 2.75) is 0 Å². The number of rotatable bonds is 2. The number of nitrogens with zero attached hydrogens (tertiary/aromatic N) is 2. The Hall–Kier alpha value is -2.90. The zero-order chi connectivity index (χ0) is 15.0. The normalized spacial score (nSPS) is 15.4. The molecule has 0 fully saturated rings. The minimum Gasteiger partial charge on any atom is -0.316 e. The van der Waals surface area contributed by atoms with Crippen LogP contribution in [0.1, 0.15) is 5.56 Å². The summed E-state index contributed by atoms with van der Waals surface area (Å²) in [7, 11) is 1.36. The van der Waals surface area contributed by atoms with E-state index in [1.54, 1.807) is 0 Å². The molecule has 102 valence electrons. The molecule has 1 aliphatic rings. The number of halogens is 1. The van der Waals surface area contributed by atoms with Crippen molar-refractivity contribution in [3.8, 4) is 0 Å². The van der Waals surface area contributed by atoms with Gasteiger partial charge in [-0.05, 0) is 6.07 Å². The lowest BCUT2D eigenvalue weighted by Gasteiger charge is -2.22. The van der Waals surface area contributed by atoms with Gasteiger partial charge in [0.25, 0.3) is 11.6 Å². The van der Waals surface area contributed by atoms with Crippen molar-refractivity contribution in [1.82, 2.24) is 4.90 Å². The van der Waals surface area contributed by atoms with E-state index in [1.165, 1.54) is 13.2 Å². The lowest BCUT2D eigenvalue weighted by atomic mass is 9.95. The maximum absolute atomic E-state index is 13.8. The summed E-state index contributed by atoms with van der Waals surface area (Å²) in [6.45, 7) is 0. The number of nitro benzene ring substituents is 1. The summed E-state index contributed by atoms with van der Waals surface area (Å²) < 4.78 is 13.8. The first kappa shape index (κ1) is 13.5.